The van der Waals surface area contributed by atoms with Gasteiger partial charge in [0.05, 0.1) is 12.5 Å². The number of furan rings is 1. The molecular formula is C15H19FN2O. The van der Waals surface area contributed by atoms with Gasteiger partial charge in [-0.2, -0.15) is 0 Å². The summed E-state index contributed by atoms with van der Waals surface area (Å²) < 4.78 is 18.7. The number of nitrogens with zero attached hydrogens (tertiary/aromatic N) is 1. The predicted octanol–water partition coefficient (Wildman–Crippen LogP) is 3.16. The van der Waals surface area contributed by atoms with Crippen molar-refractivity contribution in [3.63, 3.8) is 0 Å². The second kappa shape index (κ2) is 6.38. The molecule has 0 radical (unpaired) electrons. The standard InChI is InChI=1S/C15H19FN2O/c1-3-17-9-13-6-14(16)8-15(7-13)18(2)10-12-4-5-19-11-12/h4-8,11,17H,3,9-10H2,1-2H3. The number of benzene rings is 1. The first-order chi connectivity index (χ1) is 9.19. The molecule has 0 spiro atoms. The Morgan fingerprint density at radius 3 is 2.79 bits per heavy atom. The highest BCUT2D eigenvalue weighted by atomic mass is 19.1. The minimum atomic E-state index is -0.204. The predicted molar refractivity (Wildman–Crippen MR) is 74.6 cm³/mol. The van der Waals surface area contributed by atoms with Gasteiger partial charge in [0.15, 0.2) is 0 Å². The number of hydrogen-bond donors (Lipinski definition) is 1. The normalized spacial score (nSPS) is 10.7. The number of anilines is 1. The van der Waals surface area contributed by atoms with E-state index in [0.29, 0.717) is 13.1 Å². The smallest absolute Gasteiger partial charge is 0.125 e. The number of hydrogen-bond acceptors (Lipinski definition) is 3. The van der Waals surface area contributed by atoms with Crippen molar-refractivity contribution in [3.05, 3.63) is 53.7 Å². The Hall–Kier alpha value is -1.81. The molecule has 3 nitrogen and oxygen atoms in total. The average Bonchev–Trinajstić information content (AvgIpc) is 2.88. The Labute approximate surface area is 113 Å². The maximum absolute atomic E-state index is 13.6. The van der Waals surface area contributed by atoms with Crippen molar-refractivity contribution in [3.8, 4) is 0 Å². The van der Waals surface area contributed by atoms with Crippen LogP contribution in [0.1, 0.15) is 18.1 Å². The van der Waals surface area contributed by atoms with Gasteiger partial charge in [-0.25, -0.2) is 4.39 Å². The minimum Gasteiger partial charge on any atom is -0.472 e. The van der Waals surface area contributed by atoms with Crippen LogP contribution in [0.15, 0.2) is 41.2 Å². The van der Waals surface area contributed by atoms with Crippen LogP contribution in [0.3, 0.4) is 0 Å². The lowest BCUT2D eigenvalue weighted by atomic mass is 10.1. The Morgan fingerprint density at radius 1 is 1.26 bits per heavy atom. The van der Waals surface area contributed by atoms with E-state index in [1.807, 2.05) is 31.0 Å². The zero-order chi connectivity index (χ0) is 13.7. The molecule has 1 N–H and O–H groups in total. The molecule has 2 rings (SSSR count). The Balaban J connectivity index is 2.11. The second-order valence-electron chi connectivity index (χ2n) is 4.59. The summed E-state index contributed by atoms with van der Waals surface area (Å²) in [6, 6.07) is 7.04. The van der Waals surface area contributed by atoms with Gasteiger partial charge in [-0.3, -0.25) is 0 Å². The molecular weight excluding hydrogens is 243 g/mol. The Morgan fingerprint density at radius 2 is 2.11 bits per heavy atom. The van der Waals surface area contributed by atoms with Crippen LogP contribution >= 0.6 is 0 Å². The van der Waals surface area contributed by atoms with Gasteiger partial charge in [0.1, 0.15) is 5.82 Å². The van der Waals surface area contributed by atoms with E-state index >= 15 is 0 Å². The van der Waals surface area contributed by atoms with Crippen LogP contribution in [0.25, 0.3) is 0 Å². The second-order valence-corrected chi connectivity index (χ2v) is 4.59. The van der Waals surface area contributed by atoms with E-state index in [0.717, 1.165) is 23.4 Å². The highest BCUT2D eigenvalue weighted by Crippen LogP contribution is 2.19. The molecule has 0 unspecified atom stereocenters. The largest absolute Gasteiger partial charge is 0.472 e. The van der Waals surface area contributed by atoms with E-state index < -0.39 is 0 Å². The highest BCUT2D eigenvalue weighted by Gasteiger charge is 2.07. The van der Waals surface area contributed by atoms with Crippen molar-refractivity contribution in [1.29, 1.82) is 0 Å². The van der Waals surface area contributed by atoms with Crippen LogP contribution < -0.4 is 10.2 Å². The molecule has 0 saturated carbocycles. The molecule has 4 heteroatoms. The van der Waals surface area contributed by atoms with Gasteiger partial charge in [0.2, 0.25) is 0 Å². The van der Waals surface area contributed by atoms with E-state index in [1.165, 1.54) is 0 Å². The molecule has 0 aliphatic rings. The Kier molecular flexibility index (Phi) is 4.58. The molecule has 0 fully saturated rings. The summed E-state index contributed by atoms with van der Waals surface area (Å²) >= 11 is 0. The van der Waals surface area contributed by atoms with Gasteiger partial charge in [-0.05, 0) is 36.4 Å². The summed E-state index contributed by atoms with van der Waals surface area (Å²) in [6.45, 7) is 4.28. The molecule has 102 valence electrons. The van der Waals surface area contributed by atoms with Crippen LogP contribution in [0, 0.1) is 5.82 Å². The van der Waals surface area contributed by atoms with Crippen molar-refractivity contribution in [2.24, 2.45) is 0 Å². The molecule has 0 bridgehead atoms. The van der Waals surface area contributed by atoms with E-state index in [1.54, 1.807) is 24.7 Å². The number of nitrogens with one attached hydrogen (secondary N) is 1. The van der Waals surface area contributed by atoms with Crippen LogP contribution in [-0.4, -0.2) is 13.6 Å². The summed E-state index contributed by atoms with van der Waals surface area (Å²) in [4.78, 5) is 2.00. The zero-order valence-electron chi connectivity index (χ0n) is 11.3. The first-order valence-corrected chi connectivity index (χ1v) is 6.41. The lowest BCUT2D eigenvalue weighted by Crippen LogP contribution is -2.17. The number of halogens is 1. The van der Waals surface area contributed by atoms with Crippen molar-refractivity contribution in [2.45, 2.75) is 20.0 Å². The van der Waals surface area contributed by atoms with E-state index in [-0.39, 0.29) is 5.82 Å². The van der Waals surface area contributed by atoms with E-state index in [4.69, 9.17) is 4.42 Å². The molecule has 0 aliphatic carbocycles. The third kappa shape index (κ3) is 3.83. The third-order valence-electron chi connectivity index (χ3n) is 2.96. The first-order valence-electron chi connectivity index (χ1n) is 6.41. The fourth-order valence-electron chi connectivity index (χ4n) is 1.97. The van der Waals surface area contributed by atoms with Crippen molar-refractivity contribution in [2.75, 3.05) is 18.5 Å². The summed E-state index contributed by atoms with van der Waals surface area (Å²) in [5.41, 5.74) is 2.89. The summed E-state index contributed by atoms with van der Waals surface area (Å²) in [5.74, 6) is -0.204. The molecule has 1 aromatic carbocycles. The molecule has 1 aromatic heterocycles. The highest BCUT2D eigenvalue weighted by molar-refractivity contribution is 5.48. The zero-order valence-corrected chi connectivity index (χ0v) is 11.3. The summed E-state index contributed by atoms with van der Waals surface area (Å²) in [5, 5.41) is 3.20. The van der Waals surface area contributed by atoms with Gasteiger partial charge >= 0.3 is 0 Å². The summed E-state index contributed by atoms with van der Waals surface area (Å²) in [6.07, 6.45) is 3.35. The lowest BCUT2D eigenvalue weighted by molar-refractivity contribution is 0.563. The van der Waals surface area contributed by atoms with Gasteiger partial charge in [0.25, 0.3) is 0 Å². The maximum Gasteiger partial charge on any atom is 0.125 e. The van der Waals surface area contributed by atoms with Gasteiger partial charge in [-0.15, -0.1) is 0 Å². The van der Waals surface area contributed by atoms with Crippen molar-refractivity contribution < 1.29 is 8.81 Å². The quantitative estimate of drug-likeness (QED) is 0.866. The monoisotopic (exact) mass is 262 g/mol. The Bertz CT molecular complexity index is 511. The lowest BCUT2D eigenvalue weighted by Gasteiger charge is -2.19. The van der Waals surface area contributed by atoms with Gasteiger partial charge < -0.3 is 14.6 Å². The molecule has 0 atom stereocenters. The fraction of sp³-hybridized carbons (Fsp3) is 0.333. The molecule has 0 aliphatic heterocycles. The molecule has 19 heavy (non-hydrogen) atoms. The fourth-order valence-corrected chi connectivity index (χ4v) is 1.97. The molecule has 0 amide bonds. The van der Waals surface area contributed by atoms with Gasteiger partial charge in [0, 0.05) is 31.4 Å². The molecule has 2 aromatic rings. The molecule has 0 saturated heterocycles. The van der Waals surface area contributed by atoms with Gasteiger partial charge in [-0.1, -0.05) is 6.92 Å². The van der Waals surface area contributed by atoms with Crippen molar-refractivity contribution >= 4 is 5.69 Å². The topological polar surface area (TPSA) is 28.4 Å². The summed E-state index contributed by atoms with van der Waals surface area (Å²) in [7, 11) is 1.94. The third-order valence-corrected chi connectivity index (χ3v) is 2.96. The number of rotatable bonds is 6. The maximum atomic E-state index is 13.6. The van der Waals surface area contributed by atoms with Crippen LogP contribution in [0.2, 0.25) is 0 Å². The van der Waals surface area contributed by atoms with Crippen LogP contribution in [0.5, 0.6) is 0 Å². The average molecular weight is 262 g/mol. The first kappa shape index (κ1) is 13.6. The van der Waals surface area contributed by atoms with E-state index in [2.05, 4.69) is 5.32 Å². The van der Waals surface area contributed by atoms with E-state index in [9.17, 15) is 4.39 Å². The minimum absolute atomic E-state index is 0.204. The van der Waals surface area contributed by atoms with Crippen molar-refractivity contribution in [1.82, 2.24) is 5.32 Å². The van der Waals surface area contributed by atoms with Crippen LogP contribution in [-0.2, 0) is 13.1 Å². The van der Waals surface area contributed by atoms with Crippen LogP contribution in [0.4, 0.5) is 10.1 Å². The molecule has 1 heterocycles. The SMILES string of the molecule is CCNCc1cc(F)cc(N(C)Cc2ccoc2)c1.